The van der Waals surface area contributed by atoms with E-state index in [1.165, 1.54) is 11.1 Å². The van der Waals surface area contributed by atoms with Gasteiger partial charge in [-0.3, -0.25) is 4.79 Å². The number of rotatable bonds is 3. The van der Waals surface area contributed by atoms with Crippen molar-refractivity contribution in [2.24, 2.45) is 23.2 Å². The number of ketones is 1. The van der Waals surface area contributed by atoms with E-state index in [0.717, 1.165) is 49.8 Å². The van der Waals surface area contributed by atoms with Crippen LogP contribution in [0.15, 0.2) is 42.5 Å². The first-order valence-corrected chi connectivity index (χ1v) is 11.7. The first kappa shape index (κ1) is 21.5. The molecule has 5 heteroatoms. The maximum atomic E-state index is 13.1. The summed E-state index contributed by atoms with van der Waals surface area (Å²) in [7, 11) is 0. The van der Waals surface area contributed by atoms with Crippen molar-refractivity contribution < 1.29 is 23.1 Å². The molecule has 3 aliphatic carbocycles. The molecular formula is C27H29F3O2. The summed E-state index contributed by atoms with van der Waals surface area (Å²) in [5.41, 5.74) is 2.57. The van der Waals surface area contributed by atoms with E-state index >= 15 is 0 Å². The van der Waals surface area contributed by atoms with Gasteiger partial charge >= 0.3 is 6.18 Å². The number of Topliss-reactive ketones (excluding diaryl/α,β-unsaturated/α-hetero) is 1. The van der Waals surface area contributed by atoms with Gasteiger partial charge in [-0.15, -0.1) is 0 Å². The topological polar surface area (TPSA) is 37.3 Å². The molecule has 2 aromatic carbocycles. The summed E-state index contributed by atoms with van der Waals surface area (Å²) in [6, 6.07) is 11.2. The Balaban J connectivity index is 1.36. The fourth-order valence-electron chi connectivity index (χ4n) is 7.11. The Labute approximate surface area is 186 Å². The van der Waals surface area contributed by atoms with Gasteiger partial charge in [-0.25, -0.2) is 0 Å². The molecule has 0 unspecified atom stereocenters. The SMILES string of the molecule is C[C@]12CC[C@@H]3c4ccc(O)cc4CC[C@H]3[C@@H]1[C@@H](CCc1ccc(C(F)(F)F)cc1)CC2=O. The number of fused-ring (bicyclic) bond motifs is 5. The number of hydrogen-bond donors (Lipinski definition) is 1. The number of halogens is 3. The predicted octanol–water partition coefficient (Wildman–Crippen LogP) is 6.70. The van der Waals surface area contributed by atoms with Crippen LogP contribution >= 0.6 is 0 Å². The van der Waals surface area contributed by atoms with Gasteiger partial charge in [0.15, 0.2) is 0 Å². The average Bonchev–Trinajstić information content (AvgIpc) is 3.01. The molecule has 2 aromatic rings. The average molecular weight is 443 g/mol. The zero-order valence-electron chi connectivity index (χ0n) is 18.3. The number of carbonyl (C=O) groups is 1. The molecule has 0 radical (unpaired) electrons. The third-order valence-electron chi connectivity index (χ3n) is 8.64. The van der Waals surface area contributed by atoms with Gasteiger partial charge in [0.05, 0.1) is 5.56 Å². The largest absolute Gasteiger partial charge is 0.508 e. The molecule has 170 valence electrons. The number of aryl methyl sites for hydroxylation is 2. The molecule has 0 aromatic heterocycles. The van der Waals surface area contributed by atoms with Crippen molar-refractivity contribution in [2.45, 2.75) is 64.0 Å². The Morgan fingerprint density at radius 1 is 1.09 bits per heavy atom. The molecule has 0 amide bonds. The molecule has 0 spiro atoms. The number of alkyl halides is 3. The van der Waals surface area contributed by atoms with Gasteiger partial charge in [0.1, 0.15) is 11.5 Å². The van der Waals surface area contributed by atoms with Crippen molar-refractivity contribution in [3.63, 3.8) is 0 Å². The van der Waals surface area contributed by atoms with Crippen LogP contribution in [0.1, 0.15) is 67.2 Å². The summed E-state index contributed by atoms with van der Waals surface area (Å²) in [6.45, 7) is 2.15. The van der Waals surface area contributed by atoms with Crippen molar-refractivity contribution in [3.05, 3.63) is 64.7 Å². The van der Waals surface area contributed by atoms with Crippen LogP contribution < -0.4 is 0 Å². The Hall–Kier alpha value is -2.30. The minimum atomic E-state index is -4.32. The van der Waals surface area contributed by atoms with Crippen LogP contribution in [0.4, 0.5) is 13.2 Å². The van der Waals surface area contributed by atoms with Gasteiger partial charge in [-0.05, 0) is 103 Å². The van der Waals surface area contributed by atoms with E-state index in [0.29, 0.717) is 42.1 Å². The molecule has 1 N–H and O–H groups in total. The van der Waals surface area contributed by atoms with Gasteiger partial charge in [0.25, 0.3) is 0 Å². The number of aromatic hydroxyl groups is 1. The molecule has 32 heavy (non-hydrogen) atoms. The van der Waals surface area contributed by atoms with E-state index in [9.17, 15) is 23.1 Å². The third-order valence-corrected chi connectivity index (χ3v) is 8.64. The van der Waals surface area contributed by atoms with Crippen LogP contribution in [0.25, 0.3) is 0 Å². The number of hydrogen-bond acceptors (Lipinski definition) is 2. The summed E-state index contributed by atoms with van der Waals surface area (Å²) in [5, 5.41) is 9.89. The second-order valence-electron chi connectivity index (χ2n) is 10.3. The van der Waals surface area contributed by atoms with Crippen molar-refractivity contribution in [2.75, 3.05) is 0 Å². The molecular weight excluding hydrogens is 413 g/mol. The Morgan fingerprint density at radius 2 is 1.84 bits per heavy atom. The molecule has 0 bridgehead atoms. The maximum absolute atomic E-state index is 13.1. The molecule has 3 aliphatic rings. The lowest BCUT2D eigenvalue weighted by Gasteiger charge is -2.50. The van der Waals surface area contributed by atoms with Crippen molar-refractivity contribution >= 4 is 5.78 Å². The quantitative estimate of drug-likeness (QED) is 0.575. The fourth-order valence-corrected chi connectivity index (χ4v) is 7.11. The monoisotopic (exact) mass is 442 g/mol. The lowest BCUT2D eigenvalue weighted by molar-refractivity contribution is -0.137. The maximum Gasteiger partial charge on any atom is 0.416 e. The third kappa shape index (κ3) is 3.54. The number of carbonyl (C=O) groups excluding carboxylic acids is 1. The first-order chi connectivity index (χ1) is 15.2. The zero-order valence-corrected chi connectivity index (χ0v) is 18.3. The Morgan fingerprint density at radius 3 is 2.56 bits per heavy atom. The van der Waals surface area contributed by atoms with E-state index in [2.05, 4.69) is 13.0 Å². The lowest BCUT2D eigenvalue weighted by atomic mass is 9.54. The van der Waals surface area contributed by atoms with E-state index in [1.54, 1.807) is 18.2 Å². The van der Waals surface area contributed by atoms with E-state index < -0.39 is 11.7 Å². The Kier molecular flexibility index (Phi) is 5.14. The van der Waals surface area contributed by atoms with Gasteiger partial charge in [0, 0.05) is 11.8 Å². The lowest BCUT2D eigenvalue weighted by Crippen LogP contribution is -2.44. The minimum absolute atomic E-state index is 0.277. The van der Waals surface area contributed by atoms with Crippen molar-refractivity contribution in [1.29, 1.82) is 0 Å². The number of phenols is 1. The second kappa shape index (κ2) is 7.64. The molecule has 2 nitrogen and oxygen atoms in total. The zero-order chi connectivity index (χ0) is 22.7. The summed E-state index contributed by atoms with van der Waals surface area (Å²) >= 11 is 0. The smallest absolute Gasteiger partial charge is 0.416 e. The van der Waals surface area contributed by atoms with Crippen LogP contribution in [-0.2, 0) is 23.8 Å². The minimum Gasteiger partial charge on any atom is -0.508 e. The van der Waals surface area contributed by atoms with Gasteiger partial charge < -0.3 is 5.11 Å². The standard InChI is InChI=1S/C27H29F3O2/c1-26-13-12-22-21-11-9-20(31)14-17(21)6-10-23(22)25(26)18(15-24(26)32)5-2-16-3-7-19(8-4-16)27(28,29)30/h3-4,7-9,11,14,18,22-23,25,31H,2,5-6,10,12-13,15H2,1H3/t18-,22+,23+,25-,26+/m0/s1. The molecule has 0 saturated heterocycles. The van der Waals surface area contributed by atoms with Gasteiger partial charge in [0.2, 0.25) is 0 Å². The first-order valence-electron chi connectivity index (χ1n) is 11.7. The predicted molar refractivity (Wildman–Crippen MR) is 116 cm³/mol. The highest BCUT2D eigenvalue weighted by molar-refractivity contribution is 5.87. The van der Waals surface area contributed by atoms with E-state index in [-0.39, 0.29) is 11.3 Å². The molecule has 0 aliphatic heterocycles. The molecule has 2 saturated carbocycles. The highest BCUT2D eigenvalue weighted by Crippen LogP contribution is 2.62. The summed E-state index contributed by atoms with van der Waals surface area (Å²) in [5.74, 6) is 2.17. The van der Waals surface area contributed by atoms with Crippen LogP contribution in [0.3, 0.4) is 0 Å². The number of phenolic OH excluding ortho intramolecular Hbond substituents is 1. The second-order valence-corrected chi connectivity index (χ2v) is 10.3. The van der Waals surface area contributed by atoms with Crippen LogP contribution in [0.2, 0.25) is 0 Å². The van der Waals surface area contributed by atoms with Gasteiger partial charge in [-0.1, -0.05) is 25.1 Å². The van der Waals surface area contributed by atoms with Gasteiger partial charge in [-0.2, -0.15) is 13.2 Å². The summed E-state index contributed by atoms with van der Waals surface area (Å²) < 4.78 is 38.6. The fraction of sp³-hybridized carbons (Fsp3) is 0.519. The number of benzene rings is 2. The molecule has 2 fully saturated rings. The Bertz CT molecular complexity index is 1030. The van der Waals surface area contributed by atoms with Crippen LogP contribution in [0.5, 0.6) is 5.75 Å². The molecule has 5 atom stereocenters. The summed E-state index contributed by atoms with van der Waals surface area (Å²) in [6.07, 6.45) is 1.68. The summed E-state index contributed by atoms with van der Waals surface area (Å²) in [4.78, 5) is 13.1. The van der Waals surface area contributed by atoms with E-state index in [4.69, 9.17) is 0 Å². The highest BCUT2D eigenvalue weighted by atomic mass is 19.4. The molecule has 0 heterocycles. The molecule has 5 rings (SSSR count). The highest BCUT2D eigenvalue weighted by Gasteiger charge is 2.58. The van der Waals surface area contributed by atoms with E-state index in [1.807, 2.05) is 6.07 Å². The van der Waals surface area contributed by atoms with Crippen molar-refractivity contribution in [3.8, 4) is 5.75 Å². The van der Waals surface area contributed by atoms with Crippen molar-refractivity contribution in [1.82, 2.24) is 0 Å². The van der Waals surface area contributed by atoms with Crippen LogP contribution in [-0.4, -0.2) is 10.9 Å². The normalized spacial score (nSPS) is 31.7. The van der Waals surface area contributed by atoms with Crippen LogP contribution in [0, 0.1) is 23.2 Å².